The van der Waals surface area contributed by atoms with Gasteiger partial charge < -0.3 is 5.73 Å². The molecule has 1 aromatic heterocycles. The molecule has 3 rings (SSSR count). The summed E-state index contributed by atoms with van der Waals surface area (Å²) in [5, 5.41) is 2.93. The van der Waals surface area contributed by atoms with E-state index in [2.05, 4.69) is 4.98 Å². The molecule has 0 saturated carbocycles. The van der Waals surface area contributed by atoms with Crippen molar-refractivity contribution in [3.05, 3.63) is 58.7 Å². The minimum absolute atomic E-state index is 0.191. The normalized spacial score (nSPS) is 10.8. The first kappa shape index (κ1) is 13.8. The molecule has 3 aromatic rings. The van der Waals surface area contributed by atoms with Gasteiger partial charge in [0.2, 0.25) is 0 Å². The first-order valence-electron chi connectivity index (χ1n) is 6.63. The third-order valence-corrected chi connectivity index (χ3v) is 4.37. The zero-order valence-electron chi connectivity index (χ0n) is 11.9. The van der Waals surface area contributed by atoms with Gasteiger partial charge in [-0.15, -0.1) is 11.3 Å². The van der Waals surface area contributed by atoms with Crippen LogP contribution in [0, 0.1) is 19.7 Å². The molecule has 0 aliphatic heterocycles. The fourth-order valence-corrected chi connectivity index (χ4v) is 2.98. The van der Waals surface area contributed by atoms with Crippen LogP contribution in [0.2, 0.25) is 0 Å². The summed E-state index contributed by atoms with van der Waals surface area (Å²) in [5.41, 5.74) is 11.2. The van der Waals surface area contributed by atoms with Crippen LogP contribution < -0.4 is 5.73 Å². The molecule has 0 radical (unpaired) electrons. The average molecular weight is 298 g/mol. The van der Waals surface area contributed by atoms with Gasteiger partial charge in [-0.05, 0) is 61.4 Å². The zero-order valence-corrected chi connectivity index (χ0v) is 12.7. The third-order valence-electron chi connectivity index (χ3n) is 3.47. The molecule has 4 heteroatoms. The Morgan fingerprint density at radius 2 is 1.71 bits per heavy atom. The predicted molar refractivity (Wildman–Crippen MR) is 86.8 cm³/mol. The maximum absolute atomic E-state index is 13.3. The SMILES string of the molecule is Cc1cc(-c2nc(-c3ccc(F)c(C)c3)cs2)ccc1N. The number of halogens is 1. The van der Waals surface area contributed by atoms with Crippen molar-refractivity contribution in [2.45, 2.75) is 13.8 Å². The van der Waals surface area contributed by atoms with Crippen LogP contribution in [-0.2, 0) is 0 Å². The van der Waals surface area contributed by atoms with Crippen LogP contribution in [0.15, 0.2) is 41.8 Å². The Balaban J connectivity index is 1.99. The molecule has 0 atom stereocenters. The largest absolute Gasteiger partial charge is 0.399 e. The van der Waals surface area contributed by atoms with Crippen molar-refractivity contribution in [1.82, 2.24) is 4.98 Å². The lowest BCUT2D eigenvalue weighted by molar-refractivity contribution is 0.619. The number of nitrogens with two attached hydrogens (primary N) is 1. The van der Waals surface area contributed by atoms with Crippen LogP contribution in [0.3, 0.4) is 0 Å². The minimum atomic E-state index is -0.191. The Hall–Kier alpha value is -2.20. The summed E-state index contributed by atoms with van der Waals surface area (Å²) >= 11 is 1.58. The molecular formula is C17H15FN2S. The molecule has 1 heterocycles. The number of benzene rings is 2. The van der Waals surface area contributed by atoms with E-state index in [0.29, 0.717) is 5.56 Å². The number of anilines is 1. The van der Waals surface area contributed by atoms with E-state index < -0.39 is 0 Å². The molecule has 0 fully saturated rings. The summed E-state index contributed by atoms with van der Waals surface area (Å²) in [6.45, 7) is 3.74. The van der Waals surface area contributed by atoms with E-state index in [1.54, 1.807) is 24.3 Å². The molecule has 0 bridgehead atoms. The van der Waals surface area contributed by atoms with Gasteiger partial charge in [-0.2, -0.15) is 0 Å². The number of nitrogen functional groups attached to an aromatic ring is 1. The van der Waals surface area contributed by atoms with Crippen LogP contribution in [0.5, 0.6) is 0 Å². The van der Waals surface area contributed by atoms with Gasteiger partial charge >= 0.3 is 0 Å². The molecule has 0 unspecified atom stereocenters. The molecule has 2 N–H and O–H groups in total. The number of aryl methyl sites for hydroxylation is 2. The Kier molecular flexibility index (Phi) is 3.47. The molecule has 21 heavy (non-hydrogen) atoms. The van der Waals surface area contributed by atoms with Gasteiger partial charge in [0.25, 0.3) is 0 Å². The molecule has 106 valence electrons. The van der Waals surface area contributed by atoms with Crippen molar-refractivity contribution in [2.24, 2.45) is 0 Å². The number of hydrogen-bond donors (Lipinski definition) is 1. The summed E-state index contributed by atoms with van der Waals surface area (Å²) < 4.78 is 13.3. The maximum atomic E-state index is 13.3. The van der Waals surface area contributed by atoms with Gasteiger partial charge in [-0.3, -0.25) is 0 Å². The van der Waals surface area contributed by atoms with Crippen molar-refractivity contribution >= 4 is 17.0 Å². The average Bonchev–Trinajstić information content (AvgIpc) is 2.94. The molecule has 2 nitrogen and oxygen atoms in total. The van der Waals surface area contributed by atoms with E-state index in [9.17, 15) is 4.39 Å². The van der Waals surface area contributed by atoms with E-state index >= 15 is 0 Å². The van der Waals surface area contributed by atoms with Crippen molar-refractivity contribution in [2.75, 3.05) is 5.73 Å². The fraction of sp³-hybridized carbons (Fsp3) is 0.118. The Labute approximate surface area is 127 Å². The summed E-state index contributed by atoms with van der Waals surface area (Å²) in [6.07, 6.45) is 0. The standard InChI is InChI=1S/C17H15FN2S/c1-10-7-12(3-5-14(10)18)16-9-21-17(20-16)13-4-6-15(19)11(2)8-13/h3-9H,19H2,1-2H3. The quantitative estimate of drug-likeness (QED) is 0.689. The summed E-state index contributed by atoms with van der Waals surface area (Å²) in [7, 11) is 0. The highest BCUT2D eigenvalue weighted by molar-refractivity contribution is 7.13. The van der Waals surface area contributed by atoms with Gasteiger partial charge in [0, 0.05) is 22.2 Å². The van der Waals surface area contributed by atoms with E-state index in [1.807, 2.05) is 36.6 Å². The molecule has 0 aliphatic carbocycles. The second kappa shape index (κ2) is 5.30. The van der Waals surface area contributed by atoms with Gasteiger partial charge in [-0.1, -0.05) is 0 Å². The second-order valence-corrected chi connectivity index (χ2v) is 5.93. The highest BCUT2D eigenvalue weighted by Gasteiger charge is 2.09. The molecule has 0 amide bonds. The van der Waals surface area contributed by atoms with Gasteiger partial charge in [-0.25, -0.2) is 9.37 Å². The van der Waals surface area contributed by atoms with Crippen molar-refractivity contribution in [3.63, 3.8) is 0 Å². The number of nitrogens with zero attached hydrogens (tertiary/aromatic N) is 1. The third kappa shape index (κ3) is 2.67. The van der Waals surface area contributed by atoms with E-state index in [0.717, 1.165) is 33.1 Å². The summed E-state index contributed by atoms with van der Waals surface area (Å²) in [4.78, 5) is 4.65. The lowest BCUT2D eigenvalue weighted by atomic mass is 10.1. The summed E-state index contributed by atoms with van der Waals surface area (Å²) in [6, 6.07) is 11.0. The second-order valence-electron chi connectivity index (χ2n) is 5.07. The Morgan fingerprint density at radius 1 is 1.00 bits per heavy atom. The van der Waals surface area contributed by atoms with Crippen LogP contribution >= 0.6 is 11.3 Å². The van der Waals surface area contributed by atoms with Crippen molar-refractivity contribution in [1.29, 1.82) is 0 Å². The van der Waals surface area contributed by atoms with E-state index in [4.69, 9.17) is 5.73 Å². The number of hydrogen-bond acceptors (Lipinski definition) is 3. The minimum Gasteiger partial charge on any atom is -0.399 e. The highest BCUT2D eigenvalue weighted by atomic mass is 32.1. The first-order valence-corrected chi connectivity index (χ1v) is 7.51. The smallest absolute Gasteiger partial charge is 0.126 e. The summed E-state index contributed by atoms with van der Waals surface area (Å²) in [5.74, 6) is -0.191. The number of aromatic nitrogens is 1. The van der Waals surface area contributed by atoms with Crippen LogP contribution in [0.4, 0.5) is 10.1 Å². The number of thiazole rings is 1. The van der Waals surface area contributed by atoms with Gasteiger partial charge in [0.1, 0.15) is 10.8 Å². The van der Waals surface area contributed by atoms with Crippen LogP contribution in [0.1, 0.15) is 11.1 Å². The van der Waals surface area contributed by atoms with Crippen LogP contribution in [-0.4, -0.2) is 4.98 Å². The molecule has 2 aromatic carbocycles. The lowest BCUT2D eigenvalue weighted by Gasteiger charge is -2.02. The molecular weight excluding hydrogens is 283 g/mol. The van der Waals surface area contributed by atoms with Gasteiger partial charge in [0.05, 0.1) is 5.69 Å². The predicted octanol–water partition coefficient (Wildman–Crippen LogP) is 4.82. The molecule has 0 spiro atoms. The maximum Gasteiger partial charge on any atom is 0.126 e. The fourth-order valence-electron chi connectivity index (χ4n) is 2.15. The highest BCUT2D eigenvalue weighted by Crippen LogP contribution is 2.30. The Bertz CT molecular complexity index is 742. The first-order chi connectivity index (χ1) is 10.0. The van der Waals surface area contributed by atoms with Crippen molar-refractivity contribution in [3.8, 4) is 21.8 Å². The monoisotopic (exact) mass is 298 g/mol. The van der Waals surface area contributed by atoms with Crippen molar-refractivity contribution < 1.29 is 4.39 Å². The zero-order chi connectivity index (χ0) is 15.0. The van der Waals surface area contributed by atoms with Gasteiger partial charge in [0.15, 0.2) is 0 Å². The Morgan fingerprint density at radius 3 is 2.43 bits per heavy atom. The molecule has 0 aliphatic rings. The van der Waals surface area contributed by atoms with E-state index in [1.165, 1.54) is 6.07 Å². The van der Waals surface area contributed by atoms with E-state index in [-0.39, 0.29) is 5.82 Å². The van der Waals surface area contributed by atoms with Crippen LogP contribution in [0.25, 0.3) is 21.8 Å². The number of rotatable bonds is 2. The molecule has 0 saturated heterocycles. The topological polar surface area (TPSA) is 38.9 Å². The lowest BCUT2D eigenvalue weighted by Crippen LogP contribution is -1.89.